The van der Waals surface area contributed by atoms with Crippen LogP contribution in [0.4, 0.5) is 0 Å². The second kappa shape index (κ2) is 19.2. The quantitative estimate of drug-likeness (QED) is 0.276. The number of hydrogen-bond acceptors (Lipinski definition) is 7. The Labute approximate surface area is 176 Å². The van der Waals surface area contributed by atoms with E-state index >= 15 is 0 Å². The lowest BCUT2D eigenvalue weighted by molar-refractivity contribution is -0.151. The van der Waals surface area contributed by atoms with Crippen molar-refractivity contribution in [1.82, 2.24) is 0 Å². The van der Waals surface area contributed by atoms with Crippen molar-refractivity contribution in [3.05, 3.63) is 0 Å². The third-order valence-corrected chi connectivity index (χ3v) is 4.88. The topological polar surface area (TPSA) is 105 Å². The zero-order valence-electron chi connectivity index (χ0n) is 18.7. The summed E-state index contributed by atoms with van der Waals surface area (Å²) < 4.78 is 14.9. The van der Waals surface area contributed by atoms with Crippen LogP contribution in [0.2, 0.25) is 0 Å². The monoisotopic (exact) mass is 420 g/mol. The van der Waals surface area contributed by atoms with Gasteiger partial charge in [-0.15, -0.1) is 0 Å². The molecule has 7 heteroatoms. The number of esters is 1. The van der Waals surface area contributed by atoms with Gasteiger partial charge in [0.15, 0.2) is 0 Å². The average Bonchev–Trinajstić information content (AvgIpc) is 3.04. The summed E-state index contributed by atoms with van der Waals surface area (Å²) in [5.41, 5.74) is 0. The number of rotatable bonds is 15. The molecule has 1 saturated heterocycles. The molecule has 4 atom stereocenters. The molecule has 0 radical (unpaired) electrons. The molecular formula is C22H44O7. The van der Waals surface area contributed by atoms with E-state index in [4.69, 9.17) is 14.2 Å². The summed E-state index contributed by atoms with van der Waals surface area (Å²) in [6, 6.07) is 0. The fourth-order valence-corrected chi connectivity index (χ4v) is 3.09. The van der Waals surface area contributed by atoms with Crippen molar-refractivity contribution in [1.29, 1.82) is 0 Å². The maximum atomic E-state index is 11.6. The van der Waals surface area contributed by atoms with Crippen molar-refractivity contribution in [2.24, 2.45) is 0 Å². The van der Waals surface area contributed by atoms with Gasteiger partial charge in [0.1, 0.15) is 31.0 Å². The first-order chi connectivity index (χ1) is 14.0. The van der Waals surface area contributed by atoms with Crippen LogP contribution in [0.5, 0.6) is 0 Å². The van der Waals surface area contributed by atoms with E-state index in [0.29, 0.717) is 6.42 Å². The van der Waals surface area contributed by atoms with E-state index in [0.717, 1.165) is 32.5 Å². The highest BCUT2D eigenvalue weighted by Crippen LogP contribution is 2.18. The van der Waals surface area contributed by atoms with Crippen LogP contribution in [0.3, 0.4) is 0 Å². The number of carbonyl (C=O) groups excluding carboxylic acids is 1. The van der Waals surface area contributed by atoms with Gasteiger partial charge in [0.25, 0.3) is 0 Å². The molecule has 1 aliphatic rings. The minimum Gasteiger partial charge on any atom is -0.463 e. The third kappa shape index (κ3) is 14.8. The number of ether oxygens (including phenoxy) is 3. The molecule has 0 aliphatic carbocycles. The third-order valence-electron chi connectivity index (χ3n) is 4.88. The molecule has 1 rings (SSSR count). The van der Waals surface area contributed by atoms with E-state index in [1.54, 1.807) is 0 Å². The number of unbranched alkanes of at least 4 members (excludes halogenated alkanes) is 8. The van der Waals surface area contributed by atoms with Gasteiger partial charge in [0.05, 0.1) is 6.61 Å². The number of carbonyl (C=O) groups is 1. The van der Waals surface area contributed by atoms with Gasteiger partial charge in [-0.05, 0) is 20.3 Å². The van der Waals surface area contributed by atoms with E-state index in [1.165, 1.54) is 38.5 Å². The fourth-order valence-electron chi connectivity index (χ4n) is 3.09. The lowest BCUT2D eigenvalue weighted by Gasteiger charge is -2.20. The van der Waals surface area contributed by atoms with Crippen molar-refractivity contribution >= 4 is 5.97 Å². The van der Waals surface area contributed by atoms with Crippen LogP contribution in [0.15, 0.2) is 0 Å². The van der Waals surface area contributed by atoms with Crippen molar-refractivity contribution in [2.45, 2.75) is 109 Å². The van der Waals surface area contributed by atoms with E-state index < -0.39 is 24.4 Å². The Morgan fingerprint density at radius 2 is 1.52 bits per heavy atom. The number of aliphatic hydroxyl groups excluding tert-OH is 3. The van der Waals surface area contributed by atoms with Crippen molar-refractivity contribution < 1.29 is 34.3 Å². The molecule has 0 bridgehead atoms. The molecule has 29 heavy (non-hydrogen) atoms. The van der Waals surface area contributed by atoms with Crippen LogP contribution >= 0.6 is 0 Å². The number of aliphatic hydroxyl groups is 3. The summed E-state index contributed by atoms with van der Waals surface area (Å²) in [5, 5.41) is 28.8. The van der Waals surface area contributed by atoms with Gasteiger partial charge in [-0.25, -0.2) is 0 Å². The van der Waals surface area contributed by atoms with Gasteiger partial charge < -0.3 is 29.5 Å². The minimum atomic E-state index is -1.14. The Bertz CT molecular complexity index is 376. The standard InChI is InChI=1S/C18H34O6.C4H10O/c1-2-3-4-5-6-7-8-9-10-11-16(21)23-13-15(20)18-17(22)14(19)12-24-18;1-3-5-4-2/h14-15,17-20,22H,2-13H2,1H3;3-4H2,1-2H3/t14-,15+,17+,18+;/m0./s1. The van der Waals surface area contributed by atoms with Crippen molar-refractivity contribution in [2.75, 3.05) is 26.4 Å². The molecule has 3 N–H and O–H groups in total. The first-order valence-corrected chi connectivity index (χ1v) is 11.4. The maximum absolute atomic E-state index is 11.6. The highest BCUT2D eigenvalue weighted by Gasteiger charge is 2.39. The van der Waals surface area contributed by atoms with Gasteiger partial charge in [0, 0.05) is 19.6 Å². The highest BCUT2D eigenvalue weighted by atomic mass is 16.6. The molecule has 0 aromatic heterocycles. The molecule has 1 aliphatic heterocycles. The van der Waals surface area contributed by atoms with Crippen LogP contribution < -0.4 is 0 Å². The average molecular weight is 421 g/mol. The fraction of sp³-hybridized carbons (Fsp3) is 0.955. The van der Waals surface area contributed by atoms with Gasteiger partial charge in [0.2, 0.25) is 0 Å². The molecule has 174 valence electrons. The van der Waals surface area contributed by atoms with Crippen LogP contribution in [0, 0.1) is 0 Å². The summed E-state index contributed by atoms with van der Waals surface area (Å²) in [5.74, 6) is -0.343. The predicted octanol–water partition coefficient (Wildman–Crippen LogP) is 2.97. The second-order valence-electron chi connectivity index (χ2n) is 7.47. The van der Waals surface area contributed by atoms with E-state index in [-0.39, 0.29) is 19.2 Å². The molecule has 0 aromatic rings. The first kappa shape index (κ1) is 28.3. The maximum Gasteiger partial charge on any atom is 0.305 e. The molecule has 0 saturated carbocycles. The molecule has 0 amide bonds. The zero-order valence-corrected chi connectivity index (χ0v) is 18.7. The van der Waals surface area contributed by atoms with E-state index in [1.807, 2.05) is 13.8 Å². The Morgan fingerprint density at radius 3 is 1.97 bits per heavy atom. The summed E-state index contributed by atoms with van der Waals surface area (Å²) in [4.78, 5) is 11.6. The van der Waals surface area contributed by atoms with Crippen LogP contribution in [0.1, 0.15) is 85.0 Å². The Kier molecular flexibility index (Phi) is 18.8. The Morgan fingerprint density at radius 1 is 0.966 bits per heavy atom. The summed E-state index contributed by atoms with van der Waals surface area (Å²) >= 11 is 0. The second-order valence-corrected chi connectivity index (χ2v) is 7.47. The molecule has 0 spiro atoms. The Balaban J connectivity index is 0.00000139. The first-order valence-electron chi connectivity index (χ1n) is 11.4. The zero-order chi connectivity index (χ0) is 21.9. The SMILES string of the molecule is CCCCCCCCCCCC(=O)OC[C@@H](O)[C@H]1OC[C@H](O)[C@H]1O.CCOCC. The van der Waals surface area contributed by atoms with Gasteiger partial charge >= 0.3 is 5.97 Å². The van der Waals surface area contributed by atoms with Gasteiger partial charge in [-0.1, -0.05) is 58.3 Å². The normalized spacial score (nSPS) is 22.1. The van der Waals surface area contributed by atoms with Crippen molar-refractivity contribution in [3.8, 4) is 0 Å². The predicted molar refractivity (Wildman–Crippen MR) is 113 cm³/mol. The van der Waals surface area contributed by atoms with E-state index in [9.17, 15) is 20.1 Å². The minimum absolute atomic E-state index is 0.0186. The highest BCUT2D eigenvalue weighted by molar-refractivity contribution is 5.69. The molecule has 7 nitrogen and oxygen atoms in total. The van der Waals surface area contributed by atoms with Crippen molar-refractivity contribution in [3.63, 3.8) is 0 Å². The largest absolute Gasteiger partial charge is 0.463 e. The lowest BCUT2D eigenvalue weighted by Crippen LogP contribution is -2.41. The molecule has 0 unspecified atom stereocenters. The smallest absolute Gasteiger partial charge is 0.305 e. The number of hydrogen-bond donors (Lipinski definition) is 3. The molecule has 0 aromatic carbocycles. The van der Waals surface area contributed by atoms with Gasteiger partial charge in [-0.3, -0.25) is 4.79 Å². The molecule has 1 fully saturated rings. The molecule has 1 heterocycles. The van der Waals surface area contributed by atoms with Gasteiger partial charge in [-0.2, -0.15) is 0 Å². The lowest BCUT2D eigenvalue weighted by atomic mass is 10.1. The molecular weight excluding hydrogens is 376 g/mol. The summed E-state index contributed by atoms with van der Waals surface area (Å²) in [6.45, 7) is 7.64. The van der Waals surface area contributed by atoms with E-state index in [2.05, 4.69) is 6.92 Å². The van der Waals surface area contributed by atoms with Crippen LogP contribution in [-0.4, -0.2) is 72.1 Å². The van der Waals surface area contributed by atoms with Crippen LogP contribution in [0.25, 0.3) is 0 Å². The summed E-state index contributed by atoms with van der Waals surface area (Å²) in [6.07, 6.45) is 6.84. The Hall–Kier alpha value is -0.730. The summed E-state index contributed by atoms with van der Waals surface area (Å²) in [7, 11) is 0. The van der Waals surface area contributed by atoms with Crippen LogP contribution in [-0.2, 0) is 19.0 Å².